The number of nitrogens with two attached hydrogens (primary N) is 1. The summed E-state index contributed by atoms with van der Waals surface area (Å²) in [6, 6.07) is 6.93. The fourth-order valence-corrected chi connectivity index (χ4v) is 3.12. The number of carbonyl (C=O) groups is 2. The Morgan fingerprint density at radius 3 is 2.25 bits per heavy atom. The van der Waals surface area contributed by atoms with Gasteiger partial charge in [0.15, 0.2) is 0 Å². The maximum Gasteiger partial charge on any atom is 0.257 e. The number of hydrogen-bond acceptors (Lipinski definition) is 4. The second-order valence-corrected chi connectivity index (χ2v) is 6.96. The zero-order chi connectivity index (χ0) is 20.3. The lowest BCUT2D eigenvalue weighted by molar-refractivity contribution is -0.116. The number of carbonyl (C=O) groups excluding carboxylic acids is 2. The van der Waals surface area contributed by atoms with Crippen molar-refractivity contribution in [3.63, 3.8) is 0 Å². The third-order valence-electron chi connectivity index (χ3n) is 4.22. The summed E-state index contributed by atoms with van der Waals surface area (Å²) in [7, 11) is 2.98. The summed E-state index contributed by atoms with van der Waals surface area (Å²) in [5, 5.41) is 3.13. The van der Waals surface area contributed by atoms with Crippen LogP contribution in [0.1, 0.15) is 27.0 Å². The Hall–Kier alpha value is -2.44. The number of nitrogens with one attached hydrogen (secondary N) is 1. The van der Waals surface area contributed by atoms with Crippen LogP contribution in [0.15, 0.2) is 24.3 Å². The van der Waals surface area contributed by atoms with Gasteiger partial charge >= 0.3 is 0 Å². The molecule has 0 bridgehead atoms. The van der Waals surface area contributed by atoms with E-state index in [1.807, 2.05) is 32.9 Å². The van der Waals surface area contributed by atoms with Gasteiger partial charge in [-0.05, 0) is 38.0 Å². The molecule has 2 rings (SSSR count). The first-order chi connectivity index (χ1) is 12.6. The standard InChI is InChI=1S/C20H24ClN3O3.ClH/c1-11-6-12(2)19(13(3)7-11)23-18(25)10-24(4)20(26)14-8-15(21)16(22)9-17(14)27-5;/h6-9H,10,22H2,1-5H3,(H,23,25);1H. The maximum absolute atomic E-state index is 12.7. The molecule has 0 radical (unpaired) electrons. The fourth-order valence-electron chi connectivity index (χ4n) is 2.95. The number of ether oxygens (including phenoxy) is 1. The number of methoxy groups -OCH3 is 1. The molecule has 6 nitrogen and oxygen atoms in total. The SMILES string of the molecule is COc1cc(N)c(Cl)cc1C(=O)N(C)CC(=O)Nc1c(C)cc(C)cc1C.Cl. The molecule has 3 N–H and O–H groups in total. The van der Waals surface area contributed by atoms with E-state index in [1.165, 1.54) is 24.1 Å². The van der Waals surface area contributed by atoms with Crippen LogP contribution < -0.4 is 15.8 Å². The molecule has 2 amide bonds. The molecule has 0 aliphatic heterocycles. The molecule has 8 heteroatoms. The van der Waals surface area contributed by atoms with Crippen LogP contribution in [-0.2, 0) is 4.79 Å². The molecule has 152 valence electrons. The summed E-state index contributed by atoms with van der Waals surface area (Å²) < 4.78 is 5.21. The number of nitrogen functional groups attached to an aromatic ring is 1. The molecule has 0 aliphatic rings. The summed E-state index contributed by atoms with van der Waals surface area (Å²) in [5.41, 5.74) is 10.1. The van der Waals surface area contributed by atoms with E-state index < -0.39 is 0 Å². The molecule has 0 atom stereocenters. The molecule has 0 spiro atoms. The Labute approximate surface area is 176 Å². The minimum Gasteiger partial charge on any atom is -0.496 e. The van der Waals surface area contributed by atoms with Gasteiger partial charge in [-0.1, -0.05) is 29.3 Å². The van der Waals surface area contributed by atoms with Crippen molar-refractivity contribution in [1.29, 1.82) is 0 Å². The topological polar surface area (TPSA) is 84.7 Å². The van der Waals surface area contributed by atoms with Crippen molar-refractivity contribution in [3.05, 3.63) is 51.5 Å². The van der Waals surface area contributed by atoms with Gasteiger partial charge in [0, 0.05) is 18.8 Å². The average molecular weight is 426 g/mol. The van der Waals surface area contributed by atoms with Gasteiger partial charge in [-0.2, -0.15) is 0 Å². The van der Waals surface area contributed by atoms with Crippen molar-refractivity contribution >= 4 is 47.2 Å². The number of benzene rings is 2. The summed E-state index contributed by atoms with van der Waals surface area (Å²) in [6.07, 6.45) is 0. The van der Waals surface area contributed by atoms with Crippen molar-refractivity contribution in [2.24, 2.45) is 0 Å². The number of halogens is 2. The summed E-state index contributed by atoms with van der Waals surface area (Å²) in [6.45, 7) is 5.76. The van der Waals surface area contributed by atoms with Crippen molar-refractivity contribution in [3.8, 4) is 5.75 Å². The zero-order valence-corrected chi connectivity index (χ0v) is 18.1. The van der Waals surface area contributed by atoms with Gasteiger partial charge in [0.2, 0.25) is 5.91 Å². The Bertz CT molecular complexity index is 878. The first-order valence-electron chi connectivity index (χ1n) is 8.40. The van der Waals surface area contributed by atoms with Crippen molar-refractivity contribution in [2.45, 2.75) is 20.8 Å². The monoisotopic (exact) mass is 425 g/mol. The molecule has 0 unspecified atom stereocenters. The van der Waals surface area contributed by atoms with Gasteiger partial charge in [0.05, 0.1) is 29.9 Å². The molecule has 0 heterocycles. The molecule has 2 aromatic rings. The van der Waals surface area contributed by atoms with Crippen LogP contribution in [0.3, 0.4) is 0 Å². The summed E-state index contributed by atoms with van der Waals surface area (Å²) in [5.74, 6) is -0.373. The molecule has 0 saturated carbocycles. The van der Waals surface area contributed by atoms with Crippen LogP contribution in [-0.4, -0.2) is 37.4 Å². The third-order valence-corrected chi connectivity index (χ3v) is 4.55. The van der Waals surface area contributed by atoms with E-state index in [-0.39, 0.29) is 41.4 Å². The lowest BCUT2D eigenvalue weighted by Crippen LogP contribution is -2.35. The van der Waals surface area contributed by atoms with Crippen LogP contribution in [0.2, 0.25) is 5.02 Å². The fraction of sp³-hybridized carbons (Fsp3) is 0.300. The number of likely N-dealkylation sites (N-methyl/N-ethyl adjacent to an activating group) is 1. The highest BCUT2D eigenvalue weighted by molar-refractivity contribution is 6.33. The first kappa shape index (κ1) is 23.6. The molecular weight excluding hydrogens is 401 g/mol. The van der Waals surface area contributed by atoms with E-state index in [1.54, 1.807) is 7.05 Å². The average Bonchev–Trinajstić information content (AvgIpc) is 2.59. The minimum absolute atomic E-state index is 0. The number of amides is 2. The lowest BCUT2D eigenvalue weighted by atomic mass is 10.1. The number of rotatable bonds is 5. The van der Waals surface area contributed by atoms with Crippen LogP contribution in [0.5, 0.6) is 5.75 Å². The Morgan fingerprint density at radius 2 is 1.71 bits per heavy atom. The summed E-state index contributed by atoms with van der Waals surface area (Å²) in [4.78, 5) is 26.5. The largest absolute Gasteiger partial charge is 0.496 e. The molecular formula is C20H25Cl2N3O3. The maximum atomic E-state index is 12.7. The highest BCUT2D eigenvalue weighted by atomic mass is 35.5. The Balaban J connectivity index is 0.00000392. The van der Waals surface area contributed by atoms with E-state index in [0.29, 0.717) is 11.4 Å². The molecule has 0 aromatic heterocycles. The second-order valence-electron chi connectivity index (χ2n) is 6.56. The Kier molecular flexibility index (Phi) is 8.14. The van der Waals surface area contributed by atoms with E-state index in [0.717, 1.165) is 22.4 Å². The number of hydrogen-bond donors (Lipinski definition) is 2. The highest BCUT2D eigenvalue weighted by Crippen LogP contribution is 2.29. The van der Waals surface area contributed by atoms with E-state index in [2.05, 4.69) is 5.32 Å². The molecule has 0 fully saturated rings. The van der Waals surface area contributed by atoms with E-state index in [9.17, 15) is 9.59 Å². The van der Waals surface area contributed by atoms with Gasteiger partial charge in [-0.3, -0.25) is 9.59 Å². The van der Waals surface area contributed by atoms with Crippen molar-refractivity contribution < 1.29 is 14.3 Å². The van der Waals surface area contributed by atoms with E-state index >= 15 is 0 Å². The van der Waals surface area contributed by atoms with Crippen LogP contribution in [0.25, 0.3) is 0 Å². The molecule has 2 aromatic carbocycles. The van der Waals surface area contributed by atoms with Crippen LogP contribution in [0.4, 0.5) is 11.4 Å². The van der Waals surface area contributed by atoms with Crippen molar-refractivity contribution in [2.75, 3.05) is 31.8 Å². The lowest BCUT2D eigenvalue weighted by Gasteiger charge is -2.20. The smallest absolute Gasteiger partial charge is 0.257 e. The normalized spacial score (nSPS) is 10.1. The highest BCUT2D eigenvalue weighted by Gasteiger charge is 2.21. The quantitative estimate of drug-likeness (QED) is 0.709. The minimum atomic E-state index is -0.388. The predicted molar refractivity (Wildman–Crippen MR) is 116 cm³/mol. The number of anilines is 2. The molecule has 0 aliphatic carbocycles. The molecule has 0 saturated heterocycles. The molecule has 28 heavy (non-hydrogen) atoms. The van der Waals surface area contributed by atoms with Gasteiger partial charge < -0.3 is 20.7 Å². The van der Waals surface area contributed by atoms with Crippen LogP contribution in [0, 0.1) is 20.8 Å². The Morgan fingerprint density at radius 1 is 1.14 bits per heavy atom. The number of aryl methyl sites for hydroxylation is 3. The second kappa shape index (κ2) is 9.66. The number of nitrogens with zero attached hydrogens (tertiary/aromatic N) is 1. The van der Waals surface area contributed by atoms with Gasteiger partial charge in [0.1, 0.15) is 5.75 Å². The van der Waals surface area contributed by atoms with Crippen LogP contribution >= 0.6 is 24.0 Å². The first-order valence-corrected chi connectivity index (χ1v) is 8.78. The van der Waals surface area contributed by atoms with Gasteiger partial charge in [-0.15, -0.1) is 12.4 Å². The van der Waals surface area contributed by atoms with Crippen molar-refractivity contribution in [1.82, 2.24) is 4.90 Å². The van der Waals surface area contributed by atoms with E-state index in [4.69, 9.17) is 22.1 Å². The van der Waals surface area contributed by atoms with Gasteiger partial charge in [0.25, 0.3) is 5.91 Å². The third kappa shape index (κ3) is 5.30. The predicted octanol–water partition coefficient (Wildman–Crippen LogP) is 3.99. The summed E-state index contributed by atoms with van der Waals surface area (Å²) >= 11 is 6.02. The van der Waals surface area contributed by atoms with Gasteiger partial charge in [-0.25, -0.2) is 0 Å². The zero-order valence-electron chi connectivity index (χ0n) is 16.6.